The van der Waals surface area contributed by atoms with Gasteiger partial charge in [0.25, 0.3) is 5.91 Å². The van der Waals surface area contributed by atoms with Crippen LogP contribution in [0.1, 0.15) is 22.8 Å². The Morgan fingerprint density at radius 1 is 1.45 bits per heavy atom. The molecule has 0 aliphatic heterocycles. The zero-order valence-corrected chi connectivity index (χ0v) is 12.0. The van der Waals surface area contributed by atoms with Crippen LogP contribution >= 0.6 is 0 Å². The van der Waals surface area contributed by atoms with Gasteiger partial charge in [-0.3, -0.25) is 4.79 Å². The molecule has 1 rings (SSSR count). The maximum Gasteiger partial charge on any atom is 0.251 e. The van der Waals surface area contributed by atoms with Crippen molar-refractivity contribution < 1.29 is 14.3 Å². The highest BCUT2D eigenvalue weighted by molar-refractivity contribution is 5.94. The molecule has 1 aromatic carbocycles. The average molecular weight is 276 g/mol. The summed E-state index contributed by atoms with van der Waals surface area (Å²) >= 11 is 0. The molecule has 0 radical (unpaired) electrons. The summed E-state index contributed by atoms with van der Waals surface area (Å²) in [7, 11) is 3.16. The van der Waals surface area contributed by atoms with Crippen LogP contribution in [-0.4, -0.2) is 39.3 Å². The molecule has 20 heavy (non-hydrogen) atoms. The van der Waals surface area contributed by atoms with Crippen LogP contribution in [0.4, 0.5) is 0 Å². The standard InChI is InChI=1S/C15H20N2O3/c1-11(19-2)10-17-15(18)13-6-7-14(20-3)12(9-13)5-4-8-16/h6-7,9,11H,8,10,16H2,1-3H3,(H,17,18). The van der Waals surface area contributed by atoms with Crippen LogP contribution in [0.2, 0.25) is 0 Å². The summed E-state index contributed by atoms with van der Waals surface area (Å²) < 4.78 is 10.3. The van der Waals surface area contributed by atoms with Gasteiger partial charge in [-0.25, -0.2) is 0 Å². The maximum absolute atomic E-state index is 12.0. The highest BCUT2D eigenvalue weighted by Crippen LogP contribution is 2.18. The Hall–Kier alpha value is -2.03. The lowest BCUT2D eigenvalue weighted by atomic mass is 10.1. The van der Waals surface area contributed by atoms with Gasteiger partial charge in [-0.2, -0.15) is 0 Å². The Bertz CT molecular complexity index is 518. The third kappa shape index (κ3) is 4.57. The zero-order chi connectivity index (χ0) is 15.0. The highest BCUT2D eigenvalue weighted by atomic mass is 16.5. The molecule has 1 unspecified atom stereocenters. The van der Waals surface area contributed by atoms with Crippen molar-refractivity contribution in [3.05, 3.63) is 29.3 Å². The third-order valence-corrected chi connectivity index (χ3v) is 2.74. The van der Waals surface area contributed by atoms with Gasteiger partial charge < -0.3 is 20.5 Å². The minimum Gasteiger partial charge on any atom is -0.495 e. The number of amides is 1. The monoisotopic (exact) mass is 276 g/mol. The summed E-state index contributed by atoms with van der Waals surface area (Å²) in [5.74, 6) is 6.09. The van der Waals surface area contributed by atoms with Crippen LogP contribution in [0, 0.1) is 11.8 Å². The number of methoxy groups -OCH3 is 2. The summed E-state index contributed by atoms with van der Waals surface area (Å²) in [6.45, 7) is 2.59. The number of nitrogens with one attached hydrogen (secondary N) is 1. The van der Waals surface area contributed by atoms with Gasteiger partial charge in [-0.1, -0.05) is 11.8 Å². The fourth-order valence-electron chi connectivity index (χ4n) is 1.51. The number of hydrogen-bond donors (Lipinski definition) is 2. The minimum absolute atomic E-state index is 0.0336. The minimum atomic E-state index is -0.174. The number of nitrogens with two attached hydrogens (primary N) is 1. The average Bonchev–Trinajstić information content (AvgIpc) is 2.49. The van der Waals surface area contributed by atoms with Gasteiger partial charge in [0.15, 0.2) is 0 Å². The van der Waals surface area contributed by atoms with Crippen molar-refractivity contribution in [2.75, 3.05) is 27.3 Å². The van der Waals surface area contributed by atoms with Gasteiger partial charge in [-0.05, 0) is 25.1 Å². The Kier molecular flexibility index (Phi) is 6.57. The normalized spacial score (nSPS) is 11.2. The van der Waals surface area contributed by atoms with E-state index in [-0.39, 0.29) is 18.6 Å². The summed E-state index contributed by atoms with van der Waals surface area (Å²) in [6.07, 6.45) is -0.0336. The number of carbonyl (C=O) groups excluding carboxylic acids is 1. The fraction of sp³-hybridized carbons (Fsp3) is 0.400. The number of rotatable bonds is 5. The number of hydrogen-bond acceptors (Lipinski definition) is 4. The fourth-order valence-corrected chi connectivity index (χ4v) is 1.51. The van der Waals surface area contributed by atoms with Crippen molar-refractivity contribution in [1.29, 1.82) is 0 Å². The smallest absolute Gasteiger partial charge is 0.251 e. The topological polar surface area (TPSA) is 73.6 Å². The molecule has 0 aromatic heterocycles. The Labute approximate surface area is 119 Å². The van der Waals surface area contributed by atoms with Crippen LogP contribution in [0.3, 0.4) is 0 Å². The molecule has 0 saturated carbocycles. The van der Waals surface area contributed by atoms with Gasteiger partial charge in [0.2, 0.25) is 0 Å². The van der Waals surface area contributed by atoms with Crippen LogP contribution in [0.15, 0.2) is 18.2 Å². The molecular weight excluding hydrogens is 256 g/mol. The van der Waals surface area contributed by atoms with E-state index in [1.807, 2.05) is 6.92 Å². The van der Waals surface area contributed by atoms with E-state index in [0.717, 1.165) is 0 Å². The van der Waals surface area contributed by atoms with Gasteiger partial charge in [0.1, 0.15) is 5.75 Å². The molecular formula is C15H20N2O3. The first-order valence-corrected chi connectivity index (χ1v) is 6.30. The Morgan fingerprint density at radius 3 is 2.80 bits per heavy atom. The van der Waals surface area contributed by atoms with Crippen molar-refractivity contribution >= 4 is 5.91 Å². The molecule has 1 aromatic rings. The van der Waals surface area contributed by atoms with Crippen molar-refractivity contribution in [3.63, 3.8) is 0 Å². The first-order chi connectivity index (χ1) is 9.62. The lowest BCUT2D eigenvalue weighted by Gasteiger charge is -2.11. The molecule has 0 aliphatic rings. The summed E-state index contributed by atoms with van der Waals surface area (Å²) in [5.41, 5.74) is 6.52. The summed E-state index contributed by atoms with van der Waals surface area (Å²) in [4.78, 5) is 12.0. The quantitative estimate of drug-likeness (QED) is 0.779. The first kappa shape index (κ1) is 16.0. The van der Waals surface area contributed by atoms with Crippen LogP contribution in [-0.2, 0) is 4.74 Å². The Morgan fingerprint density at radius 2 is 2.20 bits per heavy atom. The number of carbonyl (C=O) groups is 1. The van der Waals surface area contributed by atoms with E-state index in [1.165, 1.54) is 0 Å². The Balaban J connectivity index is 2.88. The number of benzene rings is 1. The van der Waals surface area contributed by atoms with Crippen molar-refractivity contribution in [1.82, 2.24) is 5.32 Å². The van der Waals surface area contributed by atoms with Crippen LogP contribution in [0.5, 0.6) is 5.75 Å². The predicted octanol–water partition coefficient (Wildman–Crippen LogP) is 0.770. The maximum atomic E-state index is 12.0. The second kappa shape index (κ2) is 8.20. The van der Waals surface area contributed by atoms with E-state index >= 15 is 0 Å². The molecule has 5 heteroatoms. The number of ether oxygens (including phenoxy) is 2. The molecule has 5 nitrogen and oxygen atoms in total. The lowest BCUT2D eigenvalue weighted by molar-refractivity contribution is 0.0870. The van der Waals surface area contributed by atoms with Gasteiger partial charge in [-0.15, -0.1) is 0 Å². The van der Waals surface area contributed by atoms with E-state index in [1.54, 1.807) is 32.4 Å². The molecule has 1 amide bonds. The van der Waals surface area contributed by atoms with Gasteiger partial charge in [0.05, 0.1) is 25.3 Å². The van der Waals surface area contributed by atoms with Crippen LogP contribution in [0.25, 0.3) is 0 Å². The van der Waals surface area contributed by atoms with E-state index in [4.69, 9.17) is 15.2 Å². The SMILES string of the molecule is COc1ccc(C(=O)NCC(C)OC)cc1C#CCN. The summed E-state index contributed by atoms with van der Waals surface area (Å²) in [6, 6.07) is 5.10. The lowest BCUT2D eigenvalue weighted by Crippen LogP contribution is -2.31. The van der Waals surface area contributed by atoms with Crippen molar-refractivity contribution in [2.24, 2.45) is 5.73 Å². The third-order valence-electron chi connectivity index (χ3n) is 2.74. The first-order valence-electron chi connectivity index (χ1n) is 6.30. The van der Waals surface area contributed by atoms with Crippen LogP contribution < -0.4 is 15.8 Å². The molecule has 0 bridgehead atoms. The second-order valence-corrected chi connectivity index (χ2v) is 4.18. The zero-order valence-electron chi connectivity index (χ0n) is 12.0. The van der Waals surface area contributed by atoms with E-state index < -0.39 is 0 Å². The van der Waals surface area contributed by atoms with Crippen molar-refractivity contribution in [3.8, 4) is 17.6 Å². The van der Waals surface area contributed by atoms with E-state index in [0.29, 0.717) is 23.4 Å². The largest absolute Gasteiger partial charge is 0.495 e. The van der Waals surface area contributed by atoms with Gasteiger partial charge in [0, 0.05) is 19.2 Å². The second-order valence-electron chi connectivity index (χ2n) is 4.18. The molecule has 0 spiro atoms. The predicted molar refractivity (Wildman–Crippen MR) is 77.7 cm³/mol. The molecule has 0 aliphatic carbocycles. The molecule has 0 fully saturated rings. The van der Waals surface area contributed by atoms with E-state index in [9.17, 15) is 4.79 Å². The molecule has 0 saturated heterocycles. The molecule has 1 atom stereocenters. The van der Waals surface area contributed by atoms with Gasteiger partial charge >= 0.3 is 0 Å². The molecule has 3 N–H and O–H groups in total. The van der Waals surface area contributed by atoms with Crippen molar-refractivity contribution in [2.45, 2.75) is 13.0 Å². The molecule has 0 heterocycles. The summed E-state index contributed by atoms with van der Waals surface area (Å²) in [5, 5.41) is 2.79. The van der Waals surface area contributed by atoms with E-state index in [2.05, 4.69) is 17.2 Å². The highest BCUT2D eigenvalue weighted by Gasteiger charge is 2.10. The molecule has 108 valence electrons.